The van der Waals surface area contributed by atoms with Crippen molar-refractivity contribution in [2.45, 2.75) is 102 Å². The van der Waals surface area contributed by atoms with Gasteiger partial charge < -0.3 is 59.1 Å². The highest BCUT2D eigenvalue weighted by atomic mass is 16.4. The summed E-state index contributed by atoms with van der Waals surface area (Å²) in [6, 6.07) is -7.21. The molecule has 0 saturated heterocycles. The molecule has 0 aliphatic carbocycles. The highest BCUT2D eigenvalue weighted by Gasteiger charge is 2.36. The van der Waals surface area contributed by atoms with Crippen molar-refractivity contribution in [2.24, 2.45) is 23.1 Å². The number of carboxylic acids is 1. The Bertz CT molecular complexity index is 1010. The molecule has 18 nitrogen and oxygen atoms in total. The Balaban J connectivity index is 5.78. The minimum absolute atomic E-state index is 0.0647. The van der Waals surface area contributed by atoms with Gasteiger partial charge in [-0.25, -0.2) is 4.79 Å². The van der Waals surface area contributed by atoms with Crippen LogP contribution in [0.3, 0.4) is 0 Å². The monoisotopic (exact) mass is 632 g/mol. The zero-order valence-electron chi connectivity index (χ0n) is 25.5. The van der Waals surface area contributed by atoms with Crippen LogP contribution in [0.4, 0.5) is 0 Å². The summed E-state index contributed by atoms with van der Waals surface area (Å²) < 4.78 is 0. The van der Waals surface area contributed by atoms with E-state index in [4.69, 9.17) is 17.2 Å². The second-order valence-corrected chi connectivity index (χ2v) is 10.7. The van der Waals surface area contributed by atoms with E-state index in [1.165, 1.54) is 13.8 Å². The van der Waals surface area contributed by atoms with Crippen LogP contribution < -0.4 is 43.8 Å². The van der Waals surface area contributed by atoms with Gasteiger partial charge in [-0.15, -0.1) is 0 Å². The predicted molar refractivity (Wildman–Crippen MR) is 156 cm³/mol. The molecule has 0 radical (unpaired) electrons. The molecule has 252 valence electrons. The van der Waals surface area contributed by atoms with Gasteiger partial charge in [0.25, 0.3) is 0 Å². The maximum absolute atomic E-state index is 13.2. The lowest BCUT2D eigenvalue weighted by Gasteiger charge is -2.29. The van der Waals surface area contributed by atoms with E-state index in [9.17, 15) is 48.9 Å². The Morgan fingerprint density at radius 3 is 1.55 bits per heavy atom. The van der Waals surface area contributed by atoms with Crippen molar-refractivity contribution in [3.63, 3.8) is 0 Å². The van der Waals surface area contributed by atoms with Crippen molar-refractivity contribution >= 4 is 41.4 Å². The van der Waals surface area contributed by atoms with Crippen LogP contribution in [0.2, 0.25) is 0 Å². The lowest BCUT2D eigenvalue weighted by molar-refractivity contribution is -0.143. The molecule has 44 heavy (non-hydrogen) atoms. The standard InChI is InChI=1S/C26H48N8O10/c1-12(2)19(23(40)34-20(13(3)35)24(41)31-16(26(43)44)7-5-6-10-27)32-25(42)21(14(4)36)33-22(39)15(8-9-17(29)37)30-18(38)11-28/h12-16,19-21,35-36H,5-11,27-28H2,1-4H3,(H2,29,37)(H,30,38)(H,31,41)(H,32,42)(H,33,39)(H,34,40)(H,43,44)/t13-,14-,15+,16+,19+,20+,21+/m1/s1. The summed E-state index contributed by atoms with van der Waals surface area (Å²) in [5.74, 6) is -7.26. The third-order valence-electron chi connectivity index (χ3n) is 6.45. The molecule has 0 spiro atoms. The average Bonchev–Trinajstić information content (AvgIpc) is 2.93. The average molecular weight is 633 g/mol. The summed E-state index contributed by atoms with van der Waals surface area (Å²) in [6.07, 6.45) is -2.48. The molecule has 18 heteroatoms. The molecular weight excluding hydrogens is 584 g/mol. The molecule has 14 N–H and O–H groups in total. The molecule has 7 atom stereocenters. The first kappa shape index (κ1) is 40.1. The van der Waals surface area contributed by atoms with E-state index in [-0.39, 0.29) is 19.3 Å². The second-order valence-electron chi connectivity index (χ2n) is 10.7. The molecule has 6 amide bonds. The Morgan fingerprint density at radius 2 is 1.11 bits per heavy atom. The number of rotatable bonds is 21. The summed E-state index contributed by atoms with van der Waals surface area (Å²) in [5.41, 5.74) is 15.8. The molecule has 0 aromatic rings. The van der Waals surface area contributed by atoms with Crippen molar-refractivity contribution in [1.82, 2.24) is 26.6 Å². The Morgan fingerprint density at radius 1 is 0.636 bits per heavy atom. The molecule has 0 bridgehead atoms. The van der Waals surface area contributed by atoms with Gasteiger partial charge in [-0.1, -0.05) is 13.8 Å². The summed E-state index contributed by atoms with van der Waals surface area (Å²) in [4.78, 5) is 86.7. The van der Waals surface area contributed by atoms with Gasteiger partial charge in [-0.2, -0.15) is 0 Å². The molecule has 0 aliphatic rings. The molecule has 0 fully saturated rings. The normalized spacial score (nSPS) is 15.8. The fourth-order valence-electron chi connectivity index (χ4n) is 3.91. The number of amides is 6. The maximum atomic E-state index is 13.2. The first-order chi connectivity index (χ1) is 20.5. The van der Waals surface area contributed by atoms with Crippen LogP contribution in [-0.2, 0) is 33.6 Å². The van der Waals surface area contributed by atoms with E-state index in [1.54, 1.807) is 13.8 Å². The largest absolute Gasteiger partial charge is 0.480 e. The number of carbonyl (C=O) groups is 7. The Kier molecular flexibility index (Phi) is 18.4. The number of hydrogen-bond donors (Lipinski definition) is 11. The number of unbranched alkanes of at least 4 members (excludes halogenated alkanes) is 1. The summed E-state index contributed by atoms with van der Waals surface area (Å²) in [7, 11) is 0. The molecule has 0 rings (SSSR count). The van der Waals surface area contributed by atoms with Gasteiger partial charge in [0.1, 0.15) is 30.2 Å². The van der Waals surface area contributed by atoms with E-state index in [0.29, 0.717) is 19.4 Å². The Hall–Kier alpha value is -3.87. The fourth-order valence-corrected chi connectivity index (χ4v) is 3.91. The fraction of sp³-hybridized carbons (Fsp3) is 0.731. The number of nitrogens with two attached hydrogens (primary N) is 3. The molecule has 0 aliphatic heterocycles. The van der Waals surface area contributed by atoms with Crippen LogP contribution >= 0.6 is 0 Å². The van der Waals surface area contributed by atoms with Crippen LogP contribution in [0.1, 0.15) is 59.8 Å². The topological polar surface area (TPSA) is 318 Å². The van der Waals surface area contributed by atoms with Crippen LogP contribution in [0.15, 0.2) is 0 Å². The smallest absolute Gasteiger partial charge is 0.326 e. The van der Waals surface area contributed by atoms with E-state index in [1.807, 2.05) is 0 Å². The number of carbonyl (C=O) groups excluding carboxylic acids is 6. The molecule has 0 saturated carbocycles. The summed E-state index contributed by atoms with van der Waals surface area (Å²) >= 11 is 0. The van der Waals surface area contributed by atoms with Crippen molar-refractivity contribution in [2.75, 3.05) is 13.1 Å². The Labute approximate surface area is 255 Å². The van der Waals surface area contributed by atoms with Crippen molar-refractivity contribution in [3.8, 4) is 0 Å². The third-order valence-corrected chi connectivity index (χ3v) is 6.45. The van der Waals surface area contributed by atoms with E-state index >= 15 is 0 Å². The molecule has 0 aromatic heterocycles. The third kappa shape index (κ3) is 14.5. The van der Waals surface area contributed by atoms with Gasteiger partial charge in [-0.3, -0.25) is 28.8 Å². The zero-order valence-corrected chi connectivity index (χ0v) is 25.5. The van der Waals surface area contributed by atoms with Gasteiger partial charge >= 0.3 is 5.97 Å². The van der Waals surface area contributed by atoms with Gasteiger partial charge in [0.2, 0.25) is 35.4 Å². The van der Waals surface area contributed by atoms with Crippen molar-refractivity contribution in [3.05, 3.63) is 0 Å². The maximum Gasteiger partial charge on any atom is 0.326 e. The number of nitrogens with one attached hydrogen (secondary N) is 5. The number of aliphatic hydroxyl groups excluding tert-OH is 2. The molecule has 0 aromatic carbocycles. The highest BCUT2D eigenvalue weighted by Crippen LogP contribution is 2.08. The van der Waals surface area contributed by atoms with Crippen LogP contribution in [-0.4, -0.2) is 112 Å². The molecule has 0 heterocycles. The number of carboxylic acid groups (broad SMARTS) is 1. The summed E-state index contributed by atoms with van der Waals surface area (Å²) in [6.45, 7) is 5.36. The van der Waals surface area contributed by atoms with Crippen LogP contribution in [0.5, 0.6) is 0 Å². The van der Waals surface area contributed by atoms with Crippen molar-refractivity contribution < 1.29 is 48.9 Å². The van der Waals surface area contributed by atoms with Gasteiger partial charge in [0, 0.05) is 6.42 Å². The summed E-state index contributed by atoms with van der Waals surface area (Å²) in [5, 5.41) is 41.5. The minimum atomic E-state index is -1.64. The van der Waals surface area contributed by atoms with E-state index in [2.05, 4.69) is 26.6 Å². The number of aliphatic carboxylic acids is 1. The first-order valence-corrected chi connectivity index (χ1v) is 14.2. The first-order valence-electron chi connectivity index (χ1n) is 14.2. The lowest BCUT2D eigenvalue weighted by Crippen LogP contribution is -2.63. The number of primary amides is 1. The lowest BCUT2D eigenvalue weighted by atomic mass is 10.0. The van der Waals surface area contributed by atoms with Crippen LogP contribution in [0, 0.1) is 5.92 Å². The minimum Gasteiger partial charge on any atom is -0.480 e. The van der Waals surface area contributed by atoms with Gasteiger partial charge in [0.05, 0.1) is 18.8 Å². The molecular formula is C26H48N8O10. The van der Waals surface area contributed by atoms with Crippen LogP contribution in [0.25, 0.3) is 0 Å². The van der Waals surface area contributed by atoms with Gasteiger partial charge in [0.15, 0.2) is 0 Å². The highest BCUT2D eigenvalue weighted by molar-refractivity contribution is 5.96. The van der Waals surface area contributed by atoms with E-state index < -0.39 is 96.3 Å². The zero-order chi connectivity index (χ0) is 34.1. The molecule has 0 unspecified atom stereocenters. The second kappa shape index (κ2) is 20.2. The number of hydrogen-bond acceptors (Lipinski definition) is 11. The van der Waals surface area contributed by atoms with E-state index in [0.717, 1.165) is 0 Å². The SMILES string of the molecule is CC(C)[C@H](NC(=O)[C@@H](NC(=O)[C@H](CCC(N)=O)NC(=O)CN)[C@@H](C)O)C(=O)N[C@H](C(=O)N[C@@H](CCCCN)C(=O)O)[C@@H](C)O. The predicted octanol–water partition coefficient (Wildman–Crippen LogP) is -4.73. The number of aliphatic hydroxyl groups is 2. The quantitative estimate of drug-likeness (QED) is 0.0532. The van der Waals surface area contributed by atoms with Crippen molar-refractivity contribution in [1.29, 1.82) is 0 Å². The van der Waals surface area contributed by atoms with Gasteiger partial charge in [-0.05, 0) is 52.0 Å².